The van der Waals surface area contributed by atoms with Crippen molar-refractivity contribution in [2.75, 3.05) is 0 Å². The Morgan fingerprint density at radius 3 is 2.20 bits per heavy atom. The van der Waals surface area contributed by atoms with Crippen LogP contribution in [0.4, 0.5) is 22.0 Å². The molecule has 1 heterocycles. The van der Waals surface area contributed by atoms with Gasteiger partial charge in [0.15, 0.2) is 0 Å². The standard InChI is InChI=1S/C8H5F5IN/c1-3-2-4(8(11,12)13)15-7(14)5(3)6(9)10/h2,6H,1H3. The highest BCUT2D eigenvalue weighted by Gasteiger charge is 2.34. The van der Waals surface area contributed by atoms with Gasteiger partial charge < -0.3 is 0 Å². The van der Waals surface area contributed by atoms with Crippen LogP contribution >= 0.6 is 22.6 Å². The fourth-order valence-corrected chi connectivity index (χ4v) is 1.97. The summed E-state index contributed by atoms with van der Waals surface area (Å²) in [6, 6.07) is 0.629. The van der Waals surface area contributed by atoms with Gasteiger partial charge in [0.25, 0.3) is 6.43 Å². The molecule has 1 rings (SSSR count). The summed E-state index contributed by atoms with van der Waals surface area (Å²) in [5, 5.41) is 0. The Morgan fingerprint density at radius 2 is 1.87 bits per heavy atom. The lowest BCUT2D eigenvalue weighted by Crippen LogP contribution is -2.11. The molecule has 0 radical (unpaired) electrons. The summed E-state index contributed by atoms with van der Waals surface area (Å²) in [5.41, 5.74) is -1.69. The summed E-state index contributed by atoms with van der Waals surface area (Å²) in [7, 11) is 0. The summed E-state index contributed by atoms with van der Waals surface area (Å²) < 4.78 is 61.2. The van der Waals surface area contributed by atoms with Gasteiger partial charge in [0, 0.05) is 0 Å². The van der Waals surface area contributed by atoms with Crippen molar-refractivity contribution in [3.63, 3.8) is 0 Å². The second-order valence-corrected chi connectivity index (χ2v) is 3.85. The molecule has 0 aliphatic heterocycles. The molecule has 0 saturated heterocycles. The topological polar surface area (TPSA) is 12.9 Å². The molecule has 7 heteroatoms. The van der Waals surface area contributed by atoms with Gasteiger partial charge in [-0.2, -0.15) is 13.2 Å². The molecule has 0 aliphatic rings. The largest absolute Gasteiger partial charge is 0.433 e. The number of rotatable bonds is 1. The minimum atomic E-state index is -4.61. The van der Waals surface area contributed by atoms with Gasteiger partial charge in [0.1, 0.15) is 9.39 Å². The van der Waals surface area contributed by atoms with Crippen molar-refractivity contribution in [3.05, 3.63) is 26.6 Å². The molecule has 0 N–H and O–H groups in total. The number of nitrogens with zero attached hydrogens (tertiary/aromatic N) is 1. The molecule has 0 spiro atoms. The zero-order valence-corrected chi connectivity index (χ0v) is 9.53. The Bertz CT molecular complexity index is 351. The molecule has 0 aromatic carbocycles. The first-order valence-corrected chi connectivity index (χ1v) is 4.83. The molecule has 1 aromatic heterocycles. The lowest BCUT2D eigenvalue weighted by atomic mass is 10.1. The first kappa shape index (κ1) is 12.6. The van der Waals surface area contributed by atoms with Gasteiger partial charge in [-0.05, 0) is 41.1 Å². The van der Waals surface area contributed by atoms with Crippen LogP contribution in [0.5, 0.6) is 0 Å². The second-order valence-electron chi connectivity index (χ2n) is 2.83. The molecule has 0 unspecified atom stereocenters. The van der Waals surface area contributed by atoms with Crippen LogP contribution in [0.1, 0.15) is 23.2 Å². The third kappa shape index (κ3) is 2.76. The van der Waals surface area contributed by atoms with E-state index < -0.39 is 23.9 Å². The van der Waals surface area contributed by atoms with E-state index in [0.29, 0.717) is 6.07 Å². The maximum atomic E-state index is 12.4. The highest BCUT2D eigenvalue weighted by molar-refractivity contribution is 14.1. The second kappa shape index (κ2) is 4.18. The molecule has 1 nitrogen and oxygen atoms in total. The van der Waals surface area contributed by atoms with E-state index in [4.69, 9.17) is 0 Å². The Kier molecular flexibility index (Phi) is 3.51. The van der Waals surface area contributed by atoms with Crippen LogP contribution in [-0.2, 0) is 6.18 Å². The first-order chi connectivity index (χ1) is 6.73. The van der Waals surface area contributed by atoms with Crippen LogP contribution < -0.4 is 0 Å². The van der Waals surface area contributed by atoms with Crippen LogP contribution in [0.3, 0.4) is 0 Å². The minimum Gasteiger partial charge on any atom is -0.237 e. The normalized spacial score (nSPS) is 12.3. The maximum Gasteiger partial charge on any atom is 0.433 e. The van der Waals surface area contributed by atoms with E-state index in [2.05, 4.69) is 4.98 Å². The maximum absolute atomic E-state index is 12.4. The summed E-state index contributed by atoms with van der Waals surface area (Å²) in [6.45, 7) is 1.21. The fraction of sp³-hybridized carbons (Fsp3) is 0.375. The van der Waals surface area contributed by atoms with E-state index in [-0.39, 0.29) is 9.26 Å². The fourth-order valence-electron chi connectivity index (χ4n) is 1.05. The van der Waals surface area contributed by atoms with E-state index in [1.54, 1.807) is 0 Å². The molecule has 0 fully saturated rings. The molecule has 15 heavy (non-hydrogen) atoms. The van der Waals surface area contributed by atoms with Gasteiger partial charge in [0.2, 0.25) is 0 Å². The first-order valence-electron chi connectivity index (χ1n) is 3.76. The van der Waals surface area contributed by atoms with Gasteiger partial charge in [-0.1, -0.05) is 0 Å². The number of pyridine rings is 1. The smallest absolute Gasteiger partial charge is 0.237 e. The number of halogens is 6. The summed E-state index contributed by atoms with van der Waals surface area (Å²) in [4.78, 5) is 3.11. The van der Waals surface area contributed by atoms with Gasteiger partial charge >= 0.3 is 6.18 Å². The zero-order chi connectivity index (χ0) is 11.8. The van der Waals surface area contributed by atoms with Crippen LogP contribution in [0.2, 0.25) is 0 Å². The third-order valence-corrected chi connectivity index (χ3v) is 2.55. The molecule has 0 amide bonds. The van der Waals surface area contributed by atoms with Crippen LogP contribution in [0.25, 0.3) is 0 Å². The summed E-state index contributed by atoms with van der Waals surface area (Å²) >= 11 is 1.38. The number of aromatic nitrogens is 1. The van der Waals surface area contributed by atoms with E-state index in [1.807, 2.05) is 0 Å². The van der Waals surface area contributed by atoms with Crippen molar-refractivity contribution in [2.45, 2.75) is 19.5 Å². The van der Waals surface area contributed by atoms with Gasteiger partial charge in [-0.15, -0.1) is 0 Å². The van der Waals surface area contributed by atoms with Gasteiger partial charge in [0.05, 0.1) is 5.56 Å². The van der Waals surface area contributed by atoms with Crippen LogP contribution in [0, 0.1) is 10.6 Å². The molecular formula is C8H5F5IN. The predicted octanol–water partition coefficient (Wildman–Crippen LogP) is 3.95. The van der Waals surface area contributed by atoms with Crippen molar-refractivity contribution in [1.29, 1.82) is 0 Å². The SMILES string of the molecule is Cc1cc(C(F)(F)F)nc(I)c1C(F)F. The van der Waals surface area contributed by atoms with E-state index >= 15 is 0 Å². The van der Waals surface area contributed by atoms with Crippen LogP contribution in [0.15, 0.2) is 6.07 Å². The molecule has 0 saturated carbocycles. The Morgan fingerprint density at radius 1 is 1.33 bits per heavy atom. The van der Waals surface area contributed by atoms with Crippen molar-refractivity contribution in [2.24, 2.45) is 0 Å². The predicted molar refractivity (Wildman–Crippen MR) is 51.7 cm³/mol. The lowest BCUT2D eigenvalue weighted by molar-refractivity contribution is -0.141. The highest BCUT2D eigenvalue weighted by atomic mass is 127. The Hall–Kier alpha value is -0.470. The lowest BCUT2D eigenvalue weighted by Gasteiger charge is -2.11. The Balaban J connectivity index is 3.32. The average Bonchev–Trinajstić information content (AvgIpc) is 1.99. The molecule has 84 valence electrons. The van der Waals surface area contributed by atoms with E-state index in [0.717, 1.165) is 0 Å². The highest BCUT2D eigenvalue weighted by Crippen LogP contribution is 2.33. The third-order valence-electron chi connectivity index (χ3n) is 1.73. The molecule has 0 aliphatic carbocycles. The number of alkyl halides is 5. The minimum absolute atomic E-state index is 0.100. The monoisotopic (exact) mass is 337 g/mol. The number of aryl methyl sites for hydroxylation is 1. The van der Waals surface area contributed by atoms with Crippen molar-refractivity contribution in [1.82, 2.24) is 4.98 Å². The quantitative estimate of drug-likeness (QED) is 0.430. The van der Waals surface area contributed by atoms with Crippen molar-refractivity contribution in [3.8, 4) is 0 Å². The Labute approximate surface area is 95.8 Å². The number of hydrogen-bond acceptors (Lipinski definition) is 1. The van der Waals surface area contributed by atoms with Crippen molar-refractivity contribution < 1.29 is 22.0 Å². The van der Waals surface area contributed by atoms with Gasteiger partial charge in [-0.25, -0.2) is 13.8 Å². The van der Waals surface area contributed by atoms with Gasteiger partial charge in [-0.3, -0.25) is 0 Å². The van der Waals surface area contributed by atoms with E-state index in [1.165, 1.54) is 29.5 Å². The molecule has 1 aromatic rings. The van der Waals surface area contributed by atoms with E-state index in [9.17, 15) is 22.0 Å². The van der Waals surface area contributed by atoms with Crippen molar-refractivity contribution >= 4 is 22.6 Å². The molecule has 0 bridgehead atoms. The van der Waals surface area contributed by atoms with Crippen LogP contribution in [-0.4, -0.2) is 4.98 Å². The number of hydrogen-bond donors (Lipinski definition) is 0. The summed E-state index contributed by atoms with van der Waals surface area (Å²) in [6.07, 6.45) is -7.42. The molecule has 0 atom stereocenters. The summed E-state index contributed by atoms with van der Waals surface area (Å²) in [5.74, 6) is 0. The average molecular weight is 337 g/mol. The zero-order valence-electron chi connectivity index (χ0n) is 7.37. The molecular weight excluding hydrogens is 332 g/mol.